The molecule has 0 N–H and O–H groups in total. The molecule has 0 saturated carbocycles. The van der Waals surface area contributed by atoms with Crippen LogP contribution in [0, 0.1) is 10.1 Å². The van der Waals surface area contributed by atoms with Crippen molar-refractivity contribution >= 4 is 45.3 Å². The van der Waals surface area contributed by atoms with Crippen molar-refractivity contribution in [3.05, 3.63) is 54.2 Å². The number of fused-ring (bicyclic) bond motifs is 3. The predicted octanol–water partition coefficient (Wildman–Crippen LogP) is 4.62. The van der Waals surface area contributed by atoms with Crippen LogP contribution >= 0.6 is 23.1 Å². The molecular formula is C18H17N3O4S2. The van der Waals surface area contributed by atoms with Crippen LogP contribution in [0.25, 0.3) is 16.3 Å². The molecule has 0 radical (unpaired) electrons. The molecule has 1 aliphatic rings. The van der Waals surface area contributed by atoms with Crippen molar-refractivity contribution in [2.24, 2.45) is 0 Å². The van der Waals surface area contributed by atoms with Gasteiger partial charge >= 0.3 is 5.88 Å². The highest BCUT2D eigenvalue weighted by Gasteiger charge is 2.23. The molecule has 0 aromatic carbocycles. The second-order valence-electron chi connectivity index (χ2n) is 6.24. The lowest BCUT2D eigenvalue weighted by atomic mass is 10.2. The topological polar surface area (TPSA) is 91.2 Å². The molecule has 0 fully saturated rings. The summed E-state index contributed by atoms with van der Waals surface area (Å²) in [5.74, 6) is 0.0879. The Morgan fingerprint density at radius 1 is 1.44 bits per heavy atom. The minimum atomic E-state index is -0.575. The van der Waals surface area contributed by atoms with Gasteiger partial charge in [0.1, 0.15) is 15.5 Å². The number of aromatic nitrogens is 2. The second-order valence-corrected chi connectivity index (χ2v) is 8.20. The normalized spacial score (nSPS) is 13.7. The van der Waals surface area contributed by atoms with Gasteiger partial charge in [-0.15, -0.1) is 11.3 Å². The molecule has 0 spiro atoms. The standard InChI is InChI=1S/C18H17N3O4S2/c1-2-9-20-17(22)15-12-4-3-5-13(12)27-16(15)19-18(20)26-10-8-11-6-7-14(25-11)21(23)24/h6-8,10H,2-5,9H2,1H3/b10-8+. The molecule has 3 aromatic heterocycles. The molecule has 0 aliphatic heterocycles. The summed E-state index contributed by atoms with van der Waals surface area (Å²) in [6, 6.07) is 2.85. The Balaban J connectivity index is 1.67. The van der Waals surface area contributed by atoms with Gasteiger partial charge in [-0.3, -0.25) is 19.5 Å². The average Bonchev–Trinajstić information content (AvgIpc) is 3.33. The maximum absolute atomic E-state index is 13.1. The third-order valence-electron chi connectivity index (χ3n) is 4.44. The van der Waals surface area contributed by atoms with E-state index in [9.17, 15) is 14.9 Å². The van der Waals surface area contributed by atoms with Gasteiger partial charge in [-0.1, -0.05) is 18.7 Å². The maximum Gasteiger partial charge on any atom is 0.433 e. The molecule has 3 aromatic rings. The summed E-state index contributed by atoms with van der Waals surface area (Å²) in [6.07, 6.45) is 5.57. The van der Waals surface area contributed by atoms with Crippen LogP contribution in [0.5, 0.6) is 0 Å². The number of aryl methyl sites for hydroxylation is 2. The van der Waals surface area contributed by atoms with E-state index in [0.717, 1.165) is 35.9 Å². The monoisotopic (exact) mass is 403 g/mol. The van der Waals surface area contributed by atoms with Crippen LogP contribution in [-0.4, -0.2) is 14.5 Å². The van der Waals surface area contributed by atoms with E-state index in [1.165, 1.54) is 34.3 Å². The van der Waals surface area contributed by atoms with Crippen molar-refractivity contribution in [3.8, 4) is 0 Å². The fraction of sp³-hybridized carbons (Fsp3) is 0.333. The van der Waals surface area contributed by atoms with Crippen molar-refractivity contribution in [1.82, 2.24) is 9.55 Å². The number of hydrogen-bond donors (Lipinski definition) is 0. The minimum absolute atomic E-state index is 0.0331. The molecule has 0 saturated heterocycles. The number of nitro groups is 1. The van der Waals surface area contributed by atoms with Crippen molar-refractivity contribution in [3.63, 3.8) is 0 Å². The fourth-order valence-corrected chi connectivity index (χ4v) is 5.34. The highest BCUT2D eigenvalue weighted by molar-refractivity contribution is 8.02. The van der Waals surface area contributed by atoms with E-state index >= 15 is 0 Å². The van der Waals surface area contributed by atoms with Crippen molar-refractivity contribution in [2.45, 2.75) is 44.3 Å². The van der Waals surface area contributed by atoms with E-state index < -0.39 is 4.92 Å². The SMILES string of the molecule is CCCn1c(S/C=C/c2ccc([N+](=O)[O-])o2)nc2sc3c(c2c1=O)CCC3. The van der Waals surface area contributed by atoms with Crippen LogP contribution in [0.4, 0.5) is 5.88 Å². The van der Waals surface area contributed by atoms with Crippen molar-refractivity contribution in [1.29, 1.82) is 0 Å². The quantitative estimate of drug-likeness (QED) is 0.258. The summed E-state index contributed by atoms with van der Waals surface area (Å²) in [7, 11) is 0. The predicted molar refractivity (Wildman–Crippen MR) is 106 cm³/mol. The average molecular weight is 403 g/mol. The molecule has 9 heteroatoms. The van der Waals surface area contributed by atoms with Crippen LogP contribution in [0.15, 0.2) is 31.9 Å². The summed E-state index contributed by atoms with van der Waals surface area (Å²) in [6.45, 7) is 2.63. The van der Waals surface area contributed by atoms with Crippen LogP contribution in [0.3, 0.4) is 0 Å². The van der Waals surface area contributed by atoms with Gasteiger partial charge in [0.25, 0.3) is 5.56 Å². The first-order chi connectivity index (χ1) is 13.1. The van der Waals surface area contributed by atoms with Gasteiger partial charge in [0, 0.05) is 11.4 Å². The van der Waals surface area contributed by atoms with Gasteiger partial charge in [0.15, 0.2) is 5.16 Å². The molecule has 27 heavy (non-hydrogen) atoms. The minimum Gasteiger partial charge on any atom is -0.401 e. The Bertz CT molecular complexity index is 1110. The highest BCUT2D eigenvalue weighted by atomic mass is 32.2. The van der Waals surface area contributed by atoms with Crippen molar-refractivity contribution in [2.75, 3.05) is 0 Å². The fourth-order valence-electron chi connectivity index (χ4n) is 3.26. The van der Waals surface area contributed by atoms with Gasteiger partial charge in [-0.2, -0.15) is 0 Å². The first kappa shape index (κ1) is 18.0. The lowest BCUT2D eigenvalue weighted by Crippen LogP contribution is -2.23. The third-order valence-corrected chi connectivity index (χ3v) is 6.42. The molecule has 1 aliphatic carbocycles. The van der Waals surface area contributed by atoms with E-state index in [1.807, 2.05) is 6.92 Å². The zero-order valence-corrected chi connectivity index (χ0v) is 16.3. The largest absolute Gasteiger partial charge is 0.433 e. The molecule has 0 unspecified atom stereocenters. The summed E-state index contributed by atoms with van der Waals surface area (Å²) < 4.78 is 6.84. The zero-order valence-electron chi connectivity index (χ0n) is 14.6. The van der Waals surface area contributed by atoms with Gasteiger partial charge < -0.3 is 4.42 Å². The Morgan fingerprint density at radius 3 is 3.04 bits per heavy atom. The van der Waals surface area contributed by atoms with E-state index in [1.54, 1.807) is 27.4 Å². The van der Waals surface area contributed by atoms with E-state index in [0.29, 0.717) is 17.5 Å². The van der Waals surface area contributed by atoms with Gasteiger partial charge in [0.2, 0.25) is 0 Å². The maximum atomic E-state index is 13.1. The number of rotatable bonds is 6. The number of hydrogen-bond acceptors (Lipinski definition) is 7. The molecule has 7 nitrogen and oxygen atoms in total. The van der Waals surface area contributed by atoms with E-state index in [2.05, 4.69) is 0 Å². The zero-order chi connectivity index (χ0) is 19.0. The first-order valence-corrected chi connectivity index (χ1v) is 10.4. The Morgan fingerprint density at radius 2 is 2.30 bits per heavy atom. The van der Waals surface area contributed by atoms with Crippen LogP contribution in [0.1, 0.15) is 36.0 Å². The molecule has 140 valence electrons. The van der Waals surface area contributed by atoms with Crippen molar-refractivity contribution < 1.29 is 9.34 Å². The summed E-state index contributed by atoms with van der Waals surface area (Å²) in [4.78, 5) is 30.0. The van der Waals surface area contributed by atoms with Gasteiger partial charge in [0.05, 0.1) is 11.5 Å². The second kappa shape index (κ2) is 7.32. The smallest absolute Gasteiger partial charge is 0.401 e. The van der Waals surface area contributed by atoms with Crippen LogP contribution in [-0.2, 0) is 19.4 Å². The summed E-state index contributed by atoms with van der Waals surface area (Å²) in [5, 5.41) is 13.8. The molecule has 0 atom stereocenters. The molecule has 0 amide bonds. The van der Waals surface area contributed by atoms with E-state index in [4.69, 9.17) is 9.40 Å². The summed E-state index contributed by atoms with van der Waals surface area (Å²) >= 11 is 2.94. The lowest BCUT2D eigenvalue weighted by molar-refractivity contribution is -0.402. The third kappa shape index (κ3) is 3.32. The highest BCUT2D eigenvalue weighted by Crippen LogP contribution is 2.35. The molecule has 0 bridgehead atoms. The van der Waals surface area contributed by atoms with Crippen LogP contribution < -0.4 is 5.56 Å². The number of thiophene rings is 1. The molecule has 4 rings (SSSR count). The Kier molecular flexibility index (Phi) is 4.88. The Labute approximate surface area is 162 Å². The lowest BCUT2D eigenvalue weighted by Gasteiger charge is -2.09. The first-order valence-electron chi connectivity index (χ1n) is 8.71. The van der Waals surface area contributed by atoms with Gasteiger partial charge in [-0.25, -0.2) is 4.98 Å². The van der Waals surface area contributed by atoms with Crippen LogP contribution in [0.2, 0.25) is 0 Å². The molecular weight excluding hydrogens is 386 g/mol. The Hall–Kier alpha value is -2.39. The summed E-state index contributed by atoms with van der Waals surface area (Å²) in [5.41, 5.74) is 1.22. The number of nitrogens with zero attached hydrogens (tertiary/aromatic N) is 3. The number of furan rings is 1. The van der Waals surface area contributed by atoms with E-state index in [-0.39, 0.29) is 11.4 Å². The number of thioether (sulfide) groups is 1. The molecule has 3 heterocycles. The van der Waals surface area contributed by atoms with Gasteiger partial charge in [-0.05, 0) is 48.8 Å².